The van der Waals surface area contributed by atoms with Crippen molar-refractivity contribution in [3.63, 3.8) is 0 Å². The van der Waals surface area contributed by atoms with Crippen LogP contribution < -0.4 is 10.1 Å². The van der Waals surface area contributed by atoms with Crippen LogP contribution in [0.15, 0.2) is 24.3 Å². The van der Waals surface area contributed by atoms with Gasteiger partial charge in [0.15, 0.2) is 6.61 Å². The lowest BCUT2D eigenvalue weighted by Gasteiger charge is -2.12. The van der Waals surface area contributed by atoms with Gasteiger partial charge in [0.2, 0.25) is 0 Å². The van der Waals surface area contributed by atoms with Crippen LogP contribution >= 0.6 is 0 Å². The van der Waals surface area contributed by atoms with Crippen LogP contribution in [0.3, 0.4) is 0 Å². The van der Waals surface area contributed by atoms with Crippen LogP contribution in [-0.4, -0.2) is 29.6 Å². The van der Waals surface area contributed by atoms with Crippen molar-refractivity contribution < 1.29 is 19.4 Å². The van der Waals surface area contributed by atoms with Gasteiger partial charge in [0.05, 0.1) is 0 Å². The minimum Gasteiger partial charge on any atom is -0.484 e. The highest BCUT2D eigenvalue weighted by atomic mass is 16.5. The van der Waals surface area contributed by atoms with E-state index in [4.69, 9.17) is 9.84 Å². The number of carbonyl (C=O) groups is 2. The second-order valence-corrected chi connectivity index (χ2v) is 3.97. The molecule has 0 aliphatic rings. The molecule has 0 aliphatic heterocycles. The van der Waals surface area contributed by atoms with Crippen molar-refractivity contribution in [1.29, 1.82) is 0 Å². The van der Waals surface area contributed by atoms with E-state index in [-0.39, 0.29) is 6.61 Å². The van der Waals surface area contributed by atoms with E-state index in [1.165, 1.54) is 0 Å². The molecule has 1 aromatic carbocycles. The number of hydrogen-bond donors (Lipinski definition) is 2. The van der Waals surface area contributed by atoms with Gasteiger partial charge in [-0.25, -0.2) is 4.79 Å². The van der Waals surface area contributed by atoms with Gasteiger partial charge in [-0.3, -0.25) is 4.79 Å². The number of carboxylic acid groups (broad SMARTS) is 1. The maximum atomic E-state index is 11.5. The van der Waals surface area contributed by atoms with Crippen molar-refractivity contribution in [1.82, 2.24) is 5.32 Å². The normalized spacial score (nSPS) is 11.7. The van der Waals surface area contributed by atoms with E-state index in [0.717, 1.165) is 5.56 Å². The average molecular weight is 251 g/mol. The first-order chi connectivity index (χ1) is 8.52. The van der Waals surface area contributed by atoms with Gasteiger partial charge < -0.3 is 15.2 Å². The van der Waals surface area contributed by atoms with E-state index in [0.29, 0.717) is 12.2 Å². The lowest BCUT2D eigenvalue weighted by molar-refractivity contribution is -0.142. The van der Waals surface area contributed by atoms with Crippen LogP contribution in [0.2, 0.25) is 0 Å². The van der Waals surface area contributed by atoms with Crippen LogP contribution in [-0.2, 0) is 9.59 Å². The molecule has 1 atom stereocenters. The highest BCUT2D eigenvalue weighted by molar-refractivity contribution is 5.84. The van der Waals surface area contributed by atoms with E-state index >= 15 is 0 Å². The molecule has 0 aliphatic carbocycles. The van der Waals surface area contributed by atoms with E-state index in [1.54, 1.807) is 13.0 Å². The Hall–Kier alpha value is -2.04. The van der Waals surface area contributed by atoms with Gasteiger partial charge in [-0.1, -0.05) is 19.1 Å². The number of aliphatic carboxylic acids is 1. The molecule has 0 saturated heterocycles. The molecule has 1 rings (SSSR count). The molecule has 1 unspecified atom stereocenters. The minimum atomic E-state index is -1.04. The predicted octanol–water partition coefficient (Wildman–Crippen LogP) is 1.35. The number of carboxylic acids is 1. The zero-order chi connectivity index (χ0) is 13.5. The number of amides is 1. The summed E-state index contributed by atoms with van der Waals surface area (Å²) in [5, 5.41) is 11.2. The lowest BCUT2D eigenvalue weighted by Crippen LogP contribution is -2.42. The third kappa shape index (κ3) is 4.45. The van der Waals surface area contributed by atoms with Crippen molar-refractivity contribution in [3.8, 4) is 5.75 Å². The summed E-state index contributed by atoms with van der Waals surface area (Å²) < 4.78 is 5.27. The molecule has 0 aromatic heterocycles. The standard InChI is InChI=1S/C13H17NO4/c1-3-11(13(16)17)14-12(15)8-18-10-6-4-5-9(2)7-10/h4-7,11H,3,8H2,1-2H3,(H,14,15)(H,16,17). The van der Waals surface area contributed by atoms with Gasteiger partial charge in [-0.15, -0.1) is 0 Å². The number of nitrogens with one attached hydrogen (secondary N) is 1. The fraction of sp³-hybridized carbons (Fsp3) is 0.385. The Bertz CT molecular complexity index is 431. The third-order valence-electron chi connectivity index (χ3n) is 2.40. The van der Waals surface area contributed by atoms with Crippen molar-refractivity contribution in [2.75, 3.05) is 6.61 Å². The highest BCUT2D eigenvalue weighted by Gasteiger charge is 2.17. The lowest BCUT2D eigenvalue weighted by atomic mass is 10.2. The first-order valence-electron chi connectivity index (χ1n) is 5.74. The fourth-order valence-electron chi connectivity index (χ4n) is 1.43. The van der Waals surface area contributed by atoms with Gasteiger partial charge in [-0.05, 0) is 31.0 Å². The van der Waals surface area contributed by atoms with E-state index < -0.39 is 17.9 Å². The second-order valence-electron chi connectivity index (χ2n) is 3.97. The molecule has 0 bridgehead atoms. The average Bonchev–Trinajstić information content (AvgIpc) is 2.33. The first-order valence-corrected chi connectivity index (χ1v) is 5.74. The van der Waals surface area contributed by atoms with E-state index in [9.17, 15) is 9.59 Å². The summed E-state index contributed by atoms with van der Waals surface area (Å²) in [6.07, 6.45) is 0.339. The molecule has 18 heavy (non-hydrogen) atoms. The largest absolute Gasteiger partial charge is 0.484 e. The number of hydrogen-bond acceptors (Lipinski definition) is 3. The molecule has 0 spiro atoms. The fourth-order valence-corrected chi connectivity index (χ4v) is 1.43. The summed E-state index contributed by atoms with van der Waals surface area (Å²) >= 11 is 0. The van der Waals surface area contributed by atoms with Crippen LogP contribution in [0.4, 0.5) is 0 Å². The SMILES string of the molecule is CCC(NC(=O)COc1cccc(C)c1)C(=O)O. The maximum absolute atomic E-state index is 11.5. The smallest absolute Gasteiger partial charge is 0.326 e. The van der Waals surface area contributed by atoms with Gasteiger partial charge in [0.25, 0.3) is 5.91 Å². The number of carbonyl (C=O) groups excluding carboxylic acids is 1. The second kappa shape index (κ2) is 6.64. The molecule has 98 valence electrons. The Labute approximate surface area is 106 Å². The van der Waals surface area contributed by atoms with Crippen molar-refractivity contribution in [2.24, 2.45) is 0 Å². The predicted molar refractivity (Wildman–Crippen MR) is 66.5 cm³/mol. The third-order valence-corrected chi connectivity index (χ3v) is 2.40. The molecule has 1 aromatic rings. The Kier molecular flexibility index (Phi) is 5.17. The monoisotopic (exact) mass is 251 g/mol. The quantitative estimate of drug-likeness (QED) is 0.800. The molecular formula is C13H17NO4. The Balaban J connectivity index is 2.44. The van der Waals surface area contributed by atoms with Gasteiger partial charge >= 0.3 is 5.97 Å². The van der Waals surface area contributed by atoms with E-state index in [2.05, 4.69) is 5.32 Å². The summed E-state index contributed by atoms with van der Waals surface area (Å²) in [5.41, 5.74) is 1.03. The number of rotatable bonds is 6. The summed E-state index contributed by atoms with van der Waals surface area (Å²) in [5.74, 6) is -0.888. The topological polar surface area (TPSA) is 75.6 Å². The van der Waals surface area contributed by atoms with Crippen LogP contribution in [0, 0.1) is 6.92 Å². The zero-order valence-electron chi connectivity index (χ0n) is 10.5. The molecule has 1 amide bonds. The molecule has 0 radical (unpaired) electrons. The maximum Gasteiger partial charge on any atom is 0.326 e. The molecule has 0 fully saturated rings. The summed E-state index contributed by atoms with van der Waals surface area (Å²) in [4.78, 5) is 22.2. The Morgan fingerprint density at radius 2 is 2.17 bits per heavy atom. The summed E-state index contributed by atoms with van der Waals surface area (Å²) in [7, 11) is 0. The molecule has 5 nitrogen and oxygen atoms in total. The molecule has 0 saturated carbocycles. The number of ether oxygens (including phenoxy) is 1. The van der Waals surface area contributed by atoms with Gasteiger partial charge in [0, 0.05) is 0 Å². The van der Waals surface area contributed by atoms with Gasteiger partial charge in [-0.2, -0.15) is 0 Å². The summed E-state index contributed by atoms with van der Waals surface area (Å²) in [6, 6.07) is 6.44. The molecule has 0 heterocycles. The number of aryl methyl sites for hydroxylation is 1. The molecular weight excluding hydrogens is 234 g/mol. The van der Waals surface area contributed by atoms with Crippen LogP contribution in [0.5, 0.6) is 5.75 Å². The zero-order valence-corrected chi connectivity index (χ0v) is 10.5. The van der Waals surface area contributed by atoms with Gasteiger partial charge in [0.1, 0.15) is 11.8 Å². The van der Waals surface area contributed by atoms with E-state index in [1.807, 2.05) is 25.1 Å². The minimum absolute atomic E-state index is 0.187. The first kappa shape index (κ1) is 14.0. The highest BCUT2D eigenvalue weighted by Crippen LogP contribution is 2.11. The summed E-state index contributed by atoms with van der Waals surface area (Å²) in [6.45, 7) is 3.43. The molecule has 5 heteroatoms. The number of benzene rings is 1. The van der Waals surface area contributed by atoms with Crippen LogP contribution in [0.25, 0.3) is 0 Å². The molecule has 2 N–H and O–H groups in total. The Morgan fingerprint density at radius 3 is 2.72 bits per heavy atom. The van der Waals surface area contributed by atoms with Crippen molar-refractivity contribution in [3.05, 3.63) is 29.8 Å². The van der Waals surface area contributed by atoms with Crippen molar-refractivity contribution in [2.45, 2.75) is 26.3 Å². The van der Waals surface area contributed by atoms with Crippen molar-refractivity contribution >= 4 is 11.9 Å². The Morgan fingerprint density at radius 1 is 1.44 bits per heavy atom. The van der Waals surface area contributed by atoms with Crippen LogP contribution in [0.1, 0.15) is 18.9 Å².